The number of amides is 1. The molecule has 228 valence electrons. The van der Waals surface area contributed by atoms with Crippen LogP contribution in [0.5, 0.6) is 0 Å². The van der Waals surface area contributed by atoms with Crippen LogP contribution < -0.4 is 16.2 Å². The molecule has 0 saturated heterocycles. The summed E-state index contributed by atoms with van der Waals surface area (Å²) in [5.74, 6) is 0.00559. The first-order chi connectivity index (χ1) is 20.3. The molecule has 11 heteroatoms. The minimum atomic E-state index is -1.19. The van der Waals surface area contributed by atoms with Crippen LogP contribution in [-0.2, 0) is 13.8 Å². The number of nitriles is 1. The van der Waals surface area contributed by atoms with Crippen LogP contribution in [0.1, 0.15) is 76.8 Å². The fourth-order valence-electron chi connectivity index (χ4n) is 5.03. The van der Waals surface area contributed by atoms with E-state index in [1.165, 1.54) is 22.3 Å². The van der Waals surface area contributed by atoms with E-state index in [9.17, 15) is 4.79 Å². The van der Waals surface area contributed by atoms with E-state index in [0.29, 0.717) is 43.4 Å². The second kappa shape index (κ2) is 18.0. The molecule has 42 heavy (non-hydrogen) atoms. The molecule has 1 atom stereocenters. The van der Waals surface area contributed by atoms with Gasteiger partial charge in [-0.05, 0) is 75.0 Å². The highest BCUT2D eigenvalue weighted by molar-refractivity contribution is 7.80. The number of carbonyl (C=O) groups is 1. The smallest absolute Gasteiger partial charge is 0.426 e. The normalized spacial score (nSPS) is 13.0. The standard InChI is InChI=1S/C31H44N5O4PS/c1-23(2)36(24(3)4)41(40-21-13-18-32)39-20-12-6-5-11-19-33-30(42)34-35-31(37)38-22-29-27-16-9-7-14-25(27)26-15-8-10-17-28(26)29/h7-10,14-17,23-24,29H,5-6,11-13,19-22H2,1-4H3,(H,35,37)(H2,33,34,42). The summed E-state index contributed by atoms with van der Waals surface area (Å²) in [4.78, 5) is 12.3. The van der Waals surface area contributed by atoms with Crippen LogP contribution in [0.2, 0.25) is 0 Å². The number of benzene rings is 2. The van der Waals surface area contributed by atoms with Gasteiger partial charge in [0.15, 0.2) is 5.11 Å². The molecule has 3 rings (SSSR count). The molecule has 2 aromatic carbocycles. The van der Waals surface area contributed by atoms with E-state index < -0.39 is 14.6 Å². The molecule has 0 aliphatic heterocycles. The van der Waals surface area contributed by atoms with Gasteiger partial charge in [0.25, 0.3) is 8.53 Å². The summed E-state index contributed by atoms with van der Waals surface area (Å²) in [6, 6.07) is 19.2. The lowest BCUT2D eigenvalue weighted by Crippen LogP contribution is -2.47. The maximum atomic E-state index is 12.3. The largest absolute Gasteiger partial charge is 0.447 e. The van der Waals surface area contributed by atoms with Crippen LogP contribution in [0.4, 0.5) is 4.79 Å². The number of nitrogens with one attached hydrogen (secondary N) is 3. The molecule has 0 aromatic heterocycles. The zero-order valence-corrected chi connectivity index (χ0v) is 26.8. The Morgan fingerprint density at radius 1 is 0.929 bits per heavy atom. The third-order valence-corrected chi connectivity index (χ3v) is 9.20. The van der Waals surface area contributed by atoms with Crippen molar-refractivity contribution in [1.82, 2.24) is 20.8 Å². The lowest BCUT2D eigenvalue weighted by molar-refractivity contribution is 0.141. The lowest BCUT2D eigenvalue weighted by atomic mass is 9.98. The van der Waals surface area contributed by atoms with E-state index in [2.05, 4.69) is 78.9 Å². The number of rotatable bonds is 16. The lowest BCUT2D eigenvalue weighted by Gasteiger charge is -2.35. The predicted octanol–water partition coefficient (Wildman–Crippen LogP) is 6.76. The maximum absolute atomic E-state index is 12.3. The molecule has 0 heterocycles. The first-order valence-corrected chi connectivity index (χ1v) is 16.2. The van der Waals surface area contributed by atoms with Gasteiger partial charge in [-0.25, -0.2) is 14.9 Å². The zero-order chi connectivity index (χ0) is 30.3. The number of thiocarbonyl (C=S) groups is 1. The number of ether oxygens (including phenoxy) is 1. The number of hydrogen-bond acceptors (Lipinski definition) is 7. The summed E-state index contributed by atoms with van der Waals surface area (Å²) in [7, 11) is -1.19. The highest BCUT2D eigenvalue weighted by Crippen LogP contribution is 2.46. The Hall–Kier alpha value is -2.80. The Morgan fingerprint density at radius 2 is 1.52 bits per heavy atom. The molecular weight excluding hydrogens is 569 g/mol. The third-order valence-electron chi connectivity index (χ3n) is 6.84. The molecule has 0 fully saturated rings. The van der Waals surface area contributed by atoms with Gasteiger partial charge in [0.2, 0.25) is 0 Å². The van der Waals surface area contributed by atoms with E-state index >= 15 is 0 Å². The third kappa shape index (κ3) is 10.2. The van der Waals surface area contributed by atoms with Gasteiger partial charge >= 0.3 is 6.09 Å². The molecule has 3 N–H and O–H groups in total. The van der Waals surface area contributed by atoms with Gasteiger partial charge in [0, 0.05) is 24.5 Å². The van der Waals surface area contributed by atoms with Crippen LogP contribution in [0.25, 0.3) is 11.1 Å². The van der Waals surface area contributed by atoms with Crippen LogP contribution in [-0.4, -0.2) is 54.3 Å². The fourth-order valence-corrected chi connectivity index (χ4v) is 6.81. The van der Waals surface area contributed by atoms with Gasteiger partial charge in [-0.1, -0.05) is 61.4 Å². The Kier molecular flexibility index (Phi) is 14.4. The van der Waals surface area contributed by atoms with Crippen molar-refractivity contribution in [2.45, 2.75) is 77.8 Å². The minimum Gasteiger partial charge on any atom is -0.447 e. The summed E-state index contributed by atoms with van der Waals surface area (Å²) in [5, 5.41) is 12.3. The van der Waals surface area contributed by atoms with Gasteiger partial charge < -0.3 is 19.1 Å². The fraction of sp³-hybridized carbons (Fsp3) is 0.516. The Balaban J connectivity index is 1.27. The Morgan fingerprint density at radius 3 is 2.14 bits per heavy atom. The van der Waals surface area contributed by atoms with E-state index in [4.69, 9.17) is 31.3 Å². The summed E-state index contributed by atoms with van der Waals surface area (Å²) < 4.78 is 19.8. The summed E-state index contributed by atoms with van der Waals surface area (Å²) in [5.41, 5.74) is 9.93. The summed E-state index contributed by atoms with van der Waals surface area (Å²) in [6.07, 6.45) is 3.68. The molecule has 0 bridgehead atoms. The molecule has 2 aromatic rings. The first-order valence-electron chi connectivity index (χ1n) is 14.7. The first kappa shape index (κ1) is 33.7. The quantitative estimate of drug-likeness (QED) is 0.0819. The van der Waals surface area contributed by atoms with Crippen molar-refractivity contribution in [3.63, 3.8) is 0 Å². The van der Waals surface area contributed by atoms with Crippen LogP contribution >= 0.6 is 20.7 Å². The van der Waals surface area contributed by atoms with Crippen molar-refractivity contribution in [3.05, 3.63) is 59.7 Å². The van der Waals surface area contributed by atoms with Crippen molar-refractivity contribution >= 4 is 31.9 Å². The highest BCUT2D eigenvalue weighted by Gasteiger charge is 2.29. The van der Waals surface area contributed by atoms with Crippen molar-refractivity contribution in [1.29, 1.82) is 5.26 Å². The van der Waals surface area contributed by atoms with Gasteiger partial charge in [-0.15, -0.1) is 0 Å². The topological polar surface area (TPSA) is 108 Å². The molecule has 1 aliphatic carbocycles. The Bertz CT molecular complexity index is 1140. The van der Waals surface area contributed by atoms with E-state index in [0.717, 1.165) is 25.7 Å². The van der Waals surface area contributed by atoms with Crippen LogP contribution in [0, 0.1) is 11.3 Å². The summed E-state index contributed by atoms with van der Waals surface area (Å²) in [6.45, 7) is 10.5. The van der Waals surface area contributed by atoms with E-state index in [1.54, 1.807) is 0 Å². The van der Waals surface area contributed by atoms with Crippen molar-refractivity contribution in [2.75, 3.05) is 26.4 Å². The molecule has 1 unspecified atom stereocenters. The Labute approximate surface area is 257 Å². The highest BCUT2D eigenvalue weighted by atomic mass is 32.1. The van der Waals surface area contributed by atoms with Crippen molar-refractivity contribution in [2.24, 2.45) is 0 Å². The zero-order valence-electron chi connectivity index (χ0n) is 25.1. The number of hydrogen-bond donors (Lipinski definition) is 3. The van der Waals surface area contributed by atoms with Crippen molar-refractivity contribution in [3.8, 4) is 17.2 Å². The van der Waals surface area contributed by atoms with Crippen molar-refractivity contribution < 1.29 is 18.6 Å². The molecule has 0 radical (unpaired) electrons. The molecule has 9 nitrogen and oxygen atoms in total. The maximum Gasteiger partial charge on any atom is 0.426 e. The molecule has 1 amide bonds. The second-order valence-corrected chi connectivity index (χ2v) is 12.5. The number of fused-ring (bicyclic) bond motifs is 3. The molecule has 0 saturated carbocycles. The SMILES string of the molecule is CC(C)N(C(C)C)P(OCCC#N)OCCCCCCNC(=S)NNC(=O)OCC1c2ccccc2-c2ccccc21. The molecular formula is C31H44N5O4PS. The van der Waals surface area contributed by atoms with Gasteiger partial charge in [-0.3, -0.25) is 5.43 Å². The van der Waals surface area contributed by atoms with Gasteiger partial charge in [0.05, 0.1) is 25.7 Å². The predicted molar refractivity (Wildman–Crippen MR) is 172 cm³/mol. The number of nitrogens with zero attached hydrogens (tertiary/aromatic N) is 2. The average Bonchev–Trinajstić information content (AvgIpc) is 3.29. The van der Waals surface area contributed by atoms with Gasteiger partial charge in [0.1, 0.15) is 6.61 Å². The van der Waals surface area contributed by atoms with E-state index in [1.807, 2.05) is 24.3 Å². The monoisotopic (exact) mass is 613 g/mol. The molecule has 1 aliphatic rings. The number of unbranched alkanes of at least 4 members (excludes halogenated alkanes) is 3. The van der Waals surface area contributed by atoms with Crippen LogP contribution in [0.15, 0.2) is 48.5 Å². The number of carbonyl (C=O) groups excluding carboxylic acids is 1. The van der Waals surface area contributed by atoms with E-state index in [-0.39, 0.29) is 12.5 Å². The molecule has 0 spiro atoms. The summed E-state index contributed by atoms with van der Waals surface area (Å²) >= 11 is 5.28. The van der Waals surface area contributed by atoms with Crippen LogP contribution in [0.3, 0.4) is 0 Å². The minimum absolute atomic E-state index is 0.00559. The van der Waals surface area contributed by atoms with Gasteiger partial charge in [-0.2, -0.15) is 5.26 Å². The second-order valence-electron chi connectivity index (χ2n) is 10.6. The average molecular weight is 614 g/mol. The number of hydrazine groups is 1.